The second-order valence-electron chi connectivity index (χ2n) is 5.07. The van der Waals surface area contributed by atoms with E-state index in [0.717, 1.165) is 17.7 Å². The highest BCUT2D eigenvalue weighted by Gasteiger charge is 2.31. The number of alkyl halides is 3. The number of anilines is 3. The second kappa shape index (κ2) is 5.63. The Morgan fingerprint density at radius 3 is 2.48 bits per heavy atom. The first kappa shape index (κ1) is 15.2. The van der Waals surface area contributed by atoms with Gasteiger partial charge in [-0.05, 0) is 35.7 Å². The molecule has 0 aliphatic rings. The van der Waals surface area contributed by atoms with Crippen LogP contribution in [0.4, 0.5) is 30.5 Å². The molecule has 3 nitrogen and oxygen atoms in total. The van der Waals surface area contributed by atoms with Crippen LogP contribution in [0.1, 0.15) is 30.9 Å². The largest absolute Gasteiger partial charge is 0.416 e. The fourth-order valence-corrected chi connectivity index (χ4v) is 1.90. The third kappa shape index (κ3) is 3.87. The van der Waals surface area contributed by atoms with Crippen LogP contribution in [0.15, 0.2) is 36.4 Å². The van der Waals surface area contributed by atoms with Crippen LogP contribution in [0.3, 0.4) is 0 Å². The van der Waals surface area contributed by atoms with Crippen molar-refractivity contribution >= 4 is 17.3 Å². The van der Waals surface area contributed by atoms with Gasteiger partial charge in [-0.15, -0.1) is 0 Å². The van der Waals surface area contributed by atoms with E-state index in [2.05, 4.69) is 10.3 Å². The highest BCUT2D eigenvalue weighted by atomic mass is 19.4. The first-order chi connectivity index (χ1) is 9.75. The standard InChI is InChI=1S/C15H16F3N3/c1-9(2)10-4-3-5-12(6-10)20-14-8-11(15(16,17)18)7-13(19)21-14/h3-9H,1-2H3,(H3,19,20,21). The molecule has 6 heteroatoms. The molecule has 112 valence electrons. The summed E-state index contributed by atoms with van der Waals surface area (Å²) in [5, 5.41) is 2.86. The minimum atomic E-state index is -4.45. The Bertz CT molecular complexity index is 636. The smallest absolute Gasteiger partial charge is 0.384 e. The summed E-state index contributed by atoms with van der Waals surface area (Å²) in [6, 6.07) is 9.21. The third-order valence-electron chi connectivity index (χ3n) is 3.00. The van der Waals surface area contributed by atoms with Crippen molar-refractivity contribution in [3.63, 3.8) is 0 Å². The molecule has 0 unspecified atom stereocenters. The fraction of sp³-hybridized carbons (Fsp3) is 0.267. The topological polar surface area (TPSA) is 50.9 Å². The van der Waals surface area contributed by atoms with Crippen LogP contribution in [0.25, 0.3) is 0 Å². The molecule has 1 heterocycles. The summed E-state index contributed by atoms with van der Waals surface area (Å²) in [5.41, 5.74) is 6.37. The Labute approximate surface area is 121 Å². The van der Waals surface area contributed by atoms with E-state index in [4.69, 9.17) is 5.73 Å². The van der Waals surface area contributed by atoms with E-state index in [1.165, 1.54) is 0 Å². The van der Waals surface area contributed by atoms with Crippen LogP contribution < -0.4 is 11.1 Å². The van der Waals surface area contributed by atoms with Gasteiger partial charge in [0.1, 0.15) is 11.6 Å². The van der Waals surface area contributed by atoms with Crippen molar-refractivity contribution in [3.8, 4) is 0 Å². The summed E-state index contributed by atoms with van der Waals surface area (Å²) in [5.74, 6) is 0.224. The predicted molar refractivity (Wildman–Crippen MR) is 77.5 cm³/mol. The van der Waals surface area contributed by atoms with Gasteiger partial charge in [0, 0.05) is 5.69 Å². The molecule has 1 aromatic heterocycles. The van der Waals surface area contributed by atoms with Crippen LogP contribution in [-0.4, -0.2) is 4.98 Å². The van der Waals surface area contributed by atoms with Gasteiger partial charge in [0.15, 0.2) is 0 Å². The lowest BCUT2D eigenvalue weighted by molar-refractivity contribution is -0.137. The van der Waals surface area contributed by atoms with Gasteiger partial charge in [0.2, 0.25) is 0 Å². The van der Waals surface area contributed by atoms with Crippen molar-refractivity contribution in [2.24, 2.45) is 0 Å². The van der Waals surface area contributed by atoms with E-state index in [9.17, 15) is 13.2 Å². The van der Waals surface area contributed by atoms with Gasteiger partial charge < -0.3 is 11.1 Å². The summed E-state index contributed by atoms with van der Waals surface area (Å²) in [4.78, 5) is 3.88. The number of halogens is 3. The number of nitrogen functional groups attached to an aromatic ring is 1. The Morgan fingerprint density at radius 2 is 1.86 bits per heavy atom. The fourth-order valence-electron chi connectivity index (χ4n) is 1.90. The molecule has 0 bridgehead atoms. The highest BCUT2D eigenvalue weighted by Crippen LogP contribution is 2.32. The van der Waals surface area contributed by atoms with Gasteiger partial charge in [0.05, 0.1) is 5.56 Å². The zero-order valence-corrected chi connectivity index (χ0v) is 11.7. The van der Waals surface area contributed by atoms with Crippen LogP contribution >= 0.6 is 0 Å². The Morgan fingerprint density at radius 1 is 1.14 bits per heavy atom. The molecule has 0 saturated heterocycles. The lowest BCUT2D eigenvalue weighted by Crippen LogP contribution is -2.08. The van der Waals surface area contributed by atoms with Gasteiger partial charge in [0.25, 0.3) is 0 Å². The quantitative estimate of drug-likeness (QED) is 0.873. The van der Waals surface area contributed by atoms with Gasteiger partial charge >= 0.3 is 6.18 Å². The van der Waals surface area contributed by atoms with Crippen LogP contribution in [0.5, 0.6) is 0 Å². The summed E-state index contributed by atoms with van der Waals surface area (Å²) in [6.45, 7) is 4.08. The average molecular weight is 295 g/mol. The van der Waals surface area contributed by atoms with Crippen molar-refractivity contribution in [2.45, 2.75) is 25.9 Å². The molecule has 0 spiro atoms. The van der Waals surface area contributed by atoms with Gasteiger partial charge in [-0.25, -0.2) is 4.98 Å². The molecule has 0 aliphatic carbocycles. The van der Waals surface area contributed by atoms with E-state index < -0.39 is 11.7 Å². The normalized spacial score (nSPS) is 11.7. The van der Waals surface area contributed by atoms with E-state index in [1.54, 1.807) is 6.07 Å². The van der Waals surface area contributed by atoms with Crippen LogP contribution in [-0.2, 0) is 6.18 Å². The molecule has 3 N–H and O–H groups in total. The van der Waals surface area contributed by atoms with Crippen molar-refractivity contribution < 1.29 is 13.2 Å². The first-order valence-electron chi connectivity index (χ1n) is 6.47. The Kier molecular flexibility index (Phi) is 4.06. The van der Waals surface area contributed by atoms with Crippen molar-refractivity contribution in [1.82, 2.24) is 4.98 Å². The summed E-state index contributed by atoms with van der Waals surface area (Å²) in [7, 11) is 0. The Balaban J connectivity index is 2.31. The molecule has 21 heavy (non-hydrogen) atoms. The van der Waals surface area contributed by atoms with Crippen LogP contribution in [0.2, 0.25) is 0 Å². The molecule has 0 saturated carbocycles. The Hall–Kier alpha value is -2.24. The number of pyridine rings is 1. The minimum absolute atomic E-state index is 0.0724. The molecular formula is C15H16F3N3. The highest BCUT2D eigenvalue weighted by molar-refractivity contribution is 5.60. The number of nitrogens with zero attached hydrogens (tertiary/aromatic N) is 1. The molecule has 2 rings (SSSR count). The number of rotatable bonds is 3. The lowest BCUT2D eigenvalue weighted by Gasteiger charge is -2.12. The number of hydrogen-bond acceptors (Lipinski definition) is 3. The van der Waals surface area contributed by atoms with Gasteiger partial charge in [-0.1, -0.05) is 26.0 Å². The molecule has 0 fully saturated rings. The number of nitrogens with one attached hydrogen (secondary N) is 1. The monoisotopic (exact) mass is 295 g/mol. The molecule has 0 radical (unpaired) electrons. The maximum Gasteiger partial charge on any atom is 0.416 e. The van der Waals surface area contributed by atoms with E-state index in [0.29, 0.717) is 11.6 Å². The first-order valence-corrected chi connectivity index (χ1v) is 6.47. The van der Waals surface area contributed by atoms with E-state index in [1.807, 2.05) is 32.0 Å². The zero-order valence-electron chi connectivity index (χ0n) is 11.7. The second-order valence-corrected chi connectivity index (χ2v) is 5.07. The maximum absolute atomic E-state index is 12.7. The SMILES string of the molecule is CC(C)c1cccc(Nc2cc(C(F)(F)F)cc(N)n2)c1. The molecule has 1 aromatic carbocycles. The summed E-state index contributed by atoms with van der Waals surface area (Å²) in [6.07, 6.45) is -4.45. The molecule has 0 atom stereocenters. The molecule has 0 amide bonds. The number of nitrogens with two attached hydrogens (primary N) is 1. The lowest BCUT2D eigenvalue weighted by atomic mass is 10.0. The third-order valence-corrected chi connectivity index (χ3v) is 3.00. The zero-order chi connectivity index (χ0) is 15.6. The van der Waals surface area contributed by atoms with E-state index in [-0.39, 0.29) is 11.6 Å². The van der Waals surface area contributed by atoms with Crippen molar-refractivity contribution in [3.05, 3.63) is 47.5 Å². The van der Waals surface area contributed by atoms with Crippen molar-refractivity contribution in [1.29, 1.82) is 0 Å². The van der Waals surface area contributed by atoms with Gasteiger partial charge in [-0.2, -0.15) is 13.2 Å². The van der Waals surface area contributed by atoms with Gasteiger partial charge in [-0.3, -0.25) is 0 Å². The number of hydrogen-bond donors (Lipinski definition) is 2. The predicted octanol–water partition coefficient (Wildman–Crippen LogP) is 4.55. The summed E-state index contributed by atoms with van der Waals surface area (Å²) >= 11 is 0. The van der Waals surface area contributed by atoms with Crippen LogP contribution in [0, 0.1) is 0 Å². The maximum atomic E-state index is 12.7. The molecule has 0 aliphatic heterocycles. The number of benzene rings is 1. The van der Waals surface area contributed by atoms with E-state index >= 15 is 0 Å². The van der Waals surface area contributed by atoms with Crippen molar-refractivity contribution in [2.75, 3.05) is 11.1 Å². The number of aromatic nitrogens is 1. The minimum Gasteiger partial charge on any atom is -0.384 e. The molecule has 2 aromatic rings. The average Bonchev–Trinajstić information content (AvgIpc) is 2.37. The molecular weight excluding hydrogens is 279 g/mol. The summed E-state index contributed by atoms with van der Waals surface area (Å²) < 4.78 is 38.2.